The summed E-state index contributed by atoms with van der Waals surface area (Å²) in [5.74, 6) is 0.0516. The molecule has 0 bridgehead atoms. The number of rotatable bonds is 4. The molecule has 9 nitrogen and oxygen atoms in total. The van der Waals surface area contributed by atoms with Crippen molar-refractivity contribution in [1.82, 2.24) is 19.5 Å². The normalized spacial score (nSPS) is 26.7. The second kappa shape index (κ2) is 5.84. The van der Waals surface area contributed by atoms with Gasteiger partial charge in [0.05, 0.1) is 12.9 Å². The number of nitrogens with one attached hydrogen (secondary N) is 1. The zero-order valence-electron chi connectivity index (χ0n) is 13.5. The predicted molar refractivity (Wildman–Crippen MR) is 89.4 cm³/mol. The Bertz CT molecular complexity index is 976. The topological polar surface area (TPSA) is 115 Å². The first-order chi connectivity index (χ1) is 12.8. The third kappa shape index (κ3) is 2.37. The molecule has 132 valence electrons. The number of epoxide rings is 1. The molecule has 2 N–H and O–H groups in total. The third-order valence-corrected chi connectivity index (χ3v) is 4.60. The molecule has 3 aromatic rings. The fourth-order valence-electron chi connectivity index (χ4n) is 3.27. The summed E-state index contributed by atoms with van der Waals surface area (Å²) < 4.78 is 13.1. The maximum absolute atomic E-state index is 12.4. The van der Waals surface area contributed by atoms with Crippen molar-refractivity contribution in [2.75, 3.05) is 11.9 Å². The van der Waals surface area contributed by atoms with Crippen molar-refractivity contribution in [1.29, 1.82) is 0 Å². The molecule has 1 aromatic carbocycles. The van der Waals surface area contributed by atoms with Gasteiger partial charge < -0.3 is 19.9 Å². The molecular formula is C17H15N5O4. The van der Waals surface area contributed by atoms with E-state index in [0.29, 0.717) is 22.5 Å². The second-order valence-electron chi connectivity index (χ2n) is 6.18. The van der Waals surface area contributed by atoms with Crippen LogP contribution in [-0.2, 0) is 9.47 Å². The Balaban J connectivity index is 1.46. The number of fused-ring (bicyclic) bond motifs is 2. The molecule has 4 atom stereocenters. The molecule has 0 unspecified atom stereocenters. The number of ether oxygens (including phenoxy) is 2. The van der Waals surface area contributed by atoms with Gasteiger partial charge in [-0.2, -0.15) is 0 Å². The Labute approximate surface area is 147 Å². The fourth-order valence-corrected chi connectivity index (χ4v) is 3.27. The van der Waals surface area contributed by atoms with Crippen LogP contribution < -0.4 is 5.32 Å². The molecule has 0 radical (unpaired) electrons. The fraction of sp³-hybridized carbons (Fsp3) is 0.294. The molecule has 4 heterocycles. The number of aliphatic hydroxyl groups is 1. The minimum atomic E-state index is -0.408. The Morgan fingerprint density at radius 2 is 2.00 bits per heavy atom. The number of imidazole rings is 1. The SMILES string of the molecule is O=C(Nc1ncnc2c1ncn2[C@@H]1O[C@H](CO)[C@@H]2O[C@@H]21)c1ccccc1. The van der Waals surface area contributed by atoms with Crippen LogP contribution in [0.4, 0.5) is 5.82 Å². The quantitative estimate of drug-likeness (QED) is 0.665. The molecule has 0 saturated carbocycles. The highest BCUT2D eigenvalue weighted by Gasteiger charge is 2.58. The van der Waals surface area contributed by atoms with Crippen LogP contribution in [0.3, 0.4) is 0 Å². The van der Waals surface area contributed by atoms with Gasteiger partial charge in [-0.1, -0.05) is 18.2 Å². The Kier molecular flexibility index (Phi) is 3.45. The second-order valence-corrected chi connectivity index (χ2v) is 6.18. The predicted octanol–water partition coefficient (Wildman–Crippen LogP) is 0.736. The molecule has 2 saturated heterocycles. The number of nitrogens with zero attached hydrogens (tertiary/aromatic N) is 4. The average Bonchev–Trinajstić information content (AvgIpc) is 3.20. The van der Waals surface area contributed by atoms with E-state index in [1.54, 1.807) is 35.2 Å². The number of aromatic nitrogens is 4. The minimum Gasteiger partial charge on any atom is -0.394 e. The van der Waals surface area contributed by atoms with E-state index in [0.717, 1.165) is 0 Å². The van der Waals surface area contributed by atoms with Crippen LogP contribution in [0.25, 0.3) is 11.2 Å². The van der Waals surface area contributed by atoms with E-state index in [4.69, 9.17) is 9.47 Å². The molecule has 26 heavy (non-hydrogen) atoms. The zero-order valence-corrected chi connectivity index (χ0v) is 13.5. The molecule has 0 spiro atoms. The van der Waals surface area contributed by atoms with Crippen LogP contribution in [-0.4, -0.2) is 55.5 Å². The van der Waals surface area contributed by atoms with Gasteiger partial charge in [0.25, 0.3) is 5.91 Å². The van der Waals surface area contributed by atoms with Gasteiger partial charge >= 0.3 is 0 Å². The van der Waals surface area contributed by atoms with Crippen molar-refractivity contribution >= 4 is 22.9 Å². The molecule has 0 aliphatic carbocycles. The summed E-state index contributed by atoms with van der Waals surface area (Å²) in [6.45, 7) is -0.0995. The van der Waals surface area contributed by atoms with E-state index >= 15 is 0 Å². The van der Waals surface area contributed by atoms with Crippen molar-refractivity contribution in [3.05, 3.63) is 48.5 Å². The molecule has 5 rings (SSSR count). The van der Waals surface area contributed by atoms with Crippen LogP contribution in [0, 0.1) is 0 Å². The number of hydrogen-bond donors (Lipinski definition) is 2. The smallest absolute Gasteiger partial charge is 0.256 e. The number of hydrogen-bond acceptors (Lipinski definition) is 7. The first kappa shape index (κ1) is 15.4. The van der Waals surface area contributed by atoms with Gasteiger partial charge in [0, 0.05) is 5.56 Å². The van der Waals surface area contributed by atoms with E-state index < -0.39 is 6.23 Å². The monoisotopic (exact) mass is 353 g/mol. The van der Waals surface area contributed by atoms with E-state index in [1.165, 1.54) is 6.33 Å². The van der Waals surface area contributed by atoms with Gasteiger partial charge in [-0.25, -0.2) is 15.0 Å². The molecule has 2 aliphatic heterocycles. The lowest BCUT2D eigenvalue weighted by atomic mass is 10.2. The Morgan fingerprint density at radius 3 is 2.77 bits per heavy atom. The van der Waals surface area contributed by atoms with E-state index in [9.17, 15) is 9.90 Å². The maximum atomic E-state index is 12.4. The summed E-state index contributed by atoms with van der Waals surface area (Å²) in [7, 11) is 0. The molecular weight excluding hydrogens is 338 g/mol. The van der Waals surface area contributed by atoms with E-state index in [1.807, 2.05) is 6.07 Å². The summed E-state index contributed by atoms with van der Waals surface area (Å²) in [6.07, 6.45) is 1.98. The average molecular weight is 353 g/mol. The number of anilines is 1. The lowest BCUT2D eigenvalue weighted by Crippen LogP contribution is -2.22. The zero-order chi connectivity index (χ0) is 17.7. The molecule has 2 aromatic heterocycles. The summed E-state index contributed by atoms with van der Waals surface area (Å²) in [5, 5.41) is 12.1. The first-order valence-corrected chi connectivity index (χ1v) is 8.22. The third-order valence-electron chi connectivity index (χ3n) is 4.60. The Hall–Kier alpha value is -2.88. The van der Waals surface area contributed by atoms with Gasteiger partial charge in [0.2, 0.25) is 0 Å². The molecule has 9 heteroatoms. The Morgan fingerprint density at radius 1 is 1.15 bits per heavy atom. The lowest BCUT2D eigenvalue weighted by Gasteiger charge is -2.17. The van der Waals surface area contributed by atoms with Gasteiger partial charge in [0.1, 0.15) is 24.6 Å². The largest absolute Gasteiger partial charge is 0.394 e. The minimum absolute atomic E-state index is 0.0958. The van der Waals surface area contributed by atoms with Crippen LogP contribution >= 0.6 is 0 Å². The molecule has 1 amide bonds. The number of benzene rings is 1. The van der Waals surface area contributed by atoms with Crippen LogP contribution in [0.1, 0.15) is 16.6 Å². The van der Waals surface area contributed by atoms with E-state index in [2.05, 4.69) is 20.3 Å². The lowest BCUT2D eigenvalue weighted by molar-refractivity contribution is -0.0823. The van der Waals surface area contributed by atoms with Gasteiger partial charge in [0.15, 0.2) is 23.2 Å². The van der Waals surface area contributed by atoms with Gasteiger partial charge in [-0.3, -0.25) is 9.36 Å². The summed E-state index contributed by atoms with van der Waals surface area (Å²) in [5.41, 5.74) is 1.52. The number of aliphatic hydroxyl groups excluding tert-OH is 1. The molecule has 2 aliphatic rings. The maximum Gasteiger partial charge on any atom is 0.256 e. The van der Waals surface area contributed by atoms with Crippen LogP contribution in [0.15, 0.2) is 43.0 Å². The highest BCUT2D eigenvalue weighted by atomic mass is 16.7. The summed E-state index contributed by atoms with van der Waals surface area (Å²) in [4.78, 5) is 25.1. The van der Waals surface area contributed by atoms with Crippen LogP contribution in [0.5, 0.6) is 0 Å². The highest BCUT2D eigenvalue weighted by molar-refractivity contribution is 6.06. The summed E-state index contributed by atoms with van der Waals surface area (Å²) in [6, 6.07) is 8.87. The van der Waals surface area contributed by atoms with E-state index in [-0.39, 0.29) is 30.8 Å². The number of amides is 1. The standard InChI is InChI=1S/C17H15N5O4/c23-6-10-12-13(26-12)17(25-10)22-8-20-11-14(18-7-19-15(11)22)21-16(24)9-4-2-1-3-5-9/h1-5,7-8,10,12-13,17,23H,6H2,(H,18,19,21,24)/t10-,12+,13+,17-/m1/s1. The number of carbonyl (C=O) groups is 1. The summed E-state index contributed by atoms with van der Waals surface area (Å²) >= 11 is 0. The first-order valence-electron chi connectivity index (χ1n) is 8.22. The van der Waals surface area contributed by atoms with Gasteiger partial charge in [-0.15, -0.1) is 0 Å². The van der Waals surface area contributed by atoms with Crippen molar-refractivity contribution in [3.63, 3.8) is 0 Å². The van der Waals surface area contributed by atoms with Crippen molar-refractivity contribution in [2.45, 2.75) is 24.5 Å². The van der Waals surface area contributed by atoms with Crippen molar-refractivity contribution in [2.24, 2.45) is 0 Å². The molecule has 2 fully saturated rings. The van der Waals surface area contributed by atoms with Crippen molar-refractivity contribution in [3.8, 4) is 0 Å². The van der Waals surface area contributed by atoms with Crippen molar-refractivity contribution < 1.29 is 19.4 Å². The highest BCUT2D eigenvalue weighted by Crippen LogP contribution is 2.45. The van der Waals surface area contributed by atoms with Crippen LogP contribution in [0.2, 0.25) is 0 Å². The van der Waals surface area contributed by atoms with Gasteiger partial charge in [-0.05, 0) is 12.1 Å². The number of carbonyl (C=O) groups excluding carboxylic acids is 1.